The average Bonchev–Trinajstić information content (AvgIpc) is 2.83. The molecule has 1 aromatic heterocycles. The van der Waals surface area contributed by atoms with E-state index < -0.39 is 5.97 Å². The molecule has 2 aromatic rings. The first-order valence-corrected chi connectivity index (χ1v) is 8.02. The molecule has 0 aliphatic heterocycles. The molecule has 0 fully saturated rings. The van der Waals surface area contributed by atoms with Crippen LogP contribution in [0.3, 0.4) is 0 Å². The molecule has 0 unspecified atom stereocenters. The van der Waals surface area contributed by atoms with Crippen molar-refractivity contribution in [2.75, 3.05) is 5.75 Å². The van der Waals surface area contributed by atoms with E-state index in [0.29, 0.717) is 27.3 Å². The third kappa shape index (κ3) is 3.70. The third-order valence-electron chi connectivity index (χ3n) is 2.67. The number of nitrogens with zero attached hydrogens (tertiary/aromatic N) is 3. The molecule has 8 heteroatoms. The Morgan fingerprint density at radius 2 is 2.14 bits per heavy atom. The molecule has 1 heterocycles. The van der Waals surface area contributed by atoms with Gasteiger partial charge in [-0.05, 0) is 18.6 Å². The molecule has 0 saturated heterocycles. The fourth-order valence-corrected chi connectivity index (χ4v) is 2.88. The van der Waals surface area contributed by atoms with Gasteiger partial charge in [-0.1, -0.05) is 48.0 Å². The van der Waals surface area contributed by atoms with Gasteiger partial charge in [-0.2, -0.15) is 0 Å². The van der Waals surface area contributed by atoms with Crippen molar-refractivity contribution in [1.82, 2.24) is 14.8 Å². The summed E-state index contributed by atoms with van der Waals surface area (Å²) in [5.41, 5.74) is 0.658. The van der Waals surface area contributed by atoms with Crippen molar-refractivity contribution in [3.8, 4) is 5.69 Å². The molecule has 112 valence electrons. The number of thioether (sulfide) groups is 1. The number of carboxylic acid groups (broad SMARTS) is 1. The van der Waals surface area contributed by atoms with Gasteiger partial charge in [-0.25, -0.2) is 0 Å². The van der Waals surface area contributed by atoms with Gasteiger partial charge in [0.05, 0.1) is 21.5 Å². The van der Waals surface area contributed by atoms with Gasteiger partial charge in [-0.15, -0.1) is 10.2 Å². The fourth-order valence-electron chi connectivity index (χ4n) is 1.81. The maximum atomic E-state index is 10.7. The maximum absolute atomic E-state index is 10.7. The minimum absolute atomic E-state index is 0.0948. The van der Waals surface area contributed by atoms with E-state index in [9.17, 15) is 4.79 Å². The highest BCUT2D eigenvalue weighted by Crippen LogP contribution is 2.32. The first-order valence-electron chi connectivity index (χ1n) is 6.27. The van der Waals surface area contributed by atoms with Crippen LogP contribution in [0.4, 0.5) is 0 Å². The number of benzene rings is 1. The smallest absolute Gasteiger partial charge is 0.313 e. The first-order chi connectivity index (χ1) is 10.0. The van der Waals surface area contributed by atoms with E-state index in [2.05, 4.69) is 10.2 Å². The second-order valence-electron chi connectivity index (χ2n) is 4.24. The van der Waals surface area contributed by atoms with Gasteiger partial charge in [0.1, 0.15) is 5.82 Å². The van der Waals surface area contributed by atoms with E-state index in [-0.39, 0.29) is 5.75 Å². The summed E-state index contributed by atoms with van der Waals surface area (Å²) in [5, 5.41) is 18.3. The zero-order valence-electron chi connectivity index (χ0n) is 11.2. The van der Waals surface area contributed by atoms with Crippen LogP contribution >= 0.6 is 35.0 Å². The number of aliphatic carboxylic acids is 1. The molecule has 0 aliphatic rings. The minimum Gasteiger partial charge on any atom is -0.481 e. The predicted molar refractivity (Wildman–Crippen MR) is 83.7 cm³/mol. The van der Waals surface area contributed by atoms with Gasteiger partial charge >= 0.3 is 5.97 Å². The number of aromatic nitrogens is 3. The summed E-state index contributed by atoms with van der Waals surface area (Å²) >= 11 is 13.4. The molecule has 0 amide bonds. The first kappa shape index (κ1) is 16.1. The second kappa shape index (κ2) is 7.15. The molecule has 0 radical (unpaired) electrons. The predicted octanol–water partition coefficient (Wildman–Crippen LogP) is 3.70. The zero-order valence-corrected chi connectivity index (χ0v) is 13.5. The maximum Gasteiger partial charge on any atom is 0.313 e. The number of halogens is 2. The third-order valence-corrected chi connectivity index (χ3v) is 4.39. The molecule has 0 atom stereocenters. The molecule has 0 spiro atoms. The second-order valence-corrected chi connectivity index (χ2v) is 5.97. The number of rotatable bonds is 6. The number of carboxylic acids is 1. The van der Waals surface area contributed by atoms with Crippen molar-refractivity contribution in [1.29, 1.82) is 0 Å². The molecule has 0 bridgehead atoms. The van der Waals surface area contributed by atoms with Crippen LogP contribution in [0.25, 0.3) is 5.69 Å². The molecule has 21 heavy (non-hydrogen) atoms. The fraction of sp³-hybridized carbons (Fsp3) is 0.308. The van der Waals surface area contributed by atoms with Gasteiger partial charge in [0.2, 0.25) is 0 Å². The summed E-state index contributed by atoms with van der Waals surface area (Å²) < 4.78 is 1.77. The van der Waals surface area contributed by atoms with Crippen LogP contribution in [0, 0.1) is 0 Å². The van der Waals surface area contributed by atoms with Crippen molar-refractivity contribution >= 4 is 40.9 Å². The number of carbonyl (C=O) groups is 1. The van der Waals surface area contributed by atoms with Crippen LogP contribution in [0.2, 0.25) is 10.0 Å². The highest BCUT2D eigenvalue weighted by molar-refractivity contribution is 7.99. The molecular weight excluding hydrogens is 333 g/mol. The van der Waals surface area contributed by atoms with Gasteiger partial charge < -0.3 is 5.11 Å². The SMILES string of the molecule is CCCc1nnc(SCC(=O)O)n1-c1cccc(Cl)c1Cl. The Bertz CT molecular complexity index is 661. The summed E-state index contributed by atoms with van der Waals surface area (Å²) in [6.45, 7) is 2.03. The molecule has 5 nitrogen and oxygen atoms in total. The van der Waals surface area contributed by atoms with Crippen LogP contribution in [-0.4, -0.2) is 31.6 Å². The van der Waals surface area contributed by atoms with Gasteiger partial charge in [0.15, 0.2) is 5.16 Å². The van der Waals surface area contributed by atoms with Crippen LogP contribution < -0.4 is 0 Å². The Balaban J connectivity index is 2.50. The number of hydrogen-bond donors (Lipinski definition) is 1. The van der Waals surface area contributed by atoms with Crippen LogP contribution in [-0.2, 0) is 11.2 Å². The lowest BCUT2D eigenvalue weighted by molar-refractivity contribution is -0.133. The van der Waals surface area contributed by atoms with E-state index >= 15 is 0 Å². The Kier molecular flexibility index (Phi) is 5.50. The Morgan fingerprint density at radius 1 is 1.38 bits per heavy atom. The van der Waals surface area contributed by atoms with E-state index in [1.165, 1.54) is 0 Å². The topological polar surface area (TPSA) is 68.0 Å². The van der Waals surface area contributed by atoms with E-state index in [0.717, 1.165) is 24.0 Å². The van der Waals surface area contributed by atoms with Gasteiger partial charge in [0, 0.05) is 6.42 Å². The lowest BCUT2D eigenvalue weighted by Crippen LogP contribution is -2.05. The summed E-state index contributed by atoms with van der Waals surface area (Å²) in [6.07, 6.45) is 1.60. The van der Waals surface area contributed by atoms with E-state index in [1.54, 1.807) is 16.7 Å². The Hall–Kier alpha value is -1.24. The summed E-state index contributed by atoms with van der Waals surface area (Å²) in [7, 11) is 0. The average molecular weight is 346 g/mol. The van der Waals surface area contributed by atoms with E-state index in [1.807, 2.05) is 13.0 Å². The Labute approximate surface area is 136 Å². The monoisotopic (exact) mass is 345 g/mol. The van der Waals surface area contributed by atoms with Crippen molar-refractivity contribution in [3.05, 3.63) is 34.1 Å². The number of hydrogen-bond acceptors (Lipinski definition) is 4. The van der Waals surface area contributed by atoms with Crippen molar-refractivity contribution in [2.45, 2.75) is 24.9 Å². The summed E-state index contributed by atoms with van der Waals surface area (Å²) in [4.78, 5) is 10.7. The quantitative estimate of drug-likeness (QED) is 0.808. The zero-order chi connectivity index (χ0) is 15.4. The lowest BCUT2D eigenvalue weighted by Gasteiger charge is -2.11. The van der Waals surface area contributed by atoms with Crippen LogP contribution in [0.5, 0.6) is 0 Å². The minimum atomic E-state index is -0.913. The summed E-state index contributed by atoms with van der Waals surface area (Å²) in [5.74, 6) is -0.277. The lowest BCUT2D eigenvalue weighted by atomic mass is 10.3. The molecule has 1 aromatic carbocycles. The molecular formula is C13H13Cl2N3O2S. The van der Waals surface area contributed by atoms with Gasteiger partial charge in [0.25, 0.3) is 0 Å². The molecule has 0 aliphatic carbocycles. The highest BCUT2D eigenvalue weighted by atomic mass is 35.5. The van der Waals surface area contributed by atoms with Crippen molar-refractivity contribution in [2.24, 2.45) is 0 Å². The van der Waals surface area contributed by atoms with Crippen LogP contribution in [0.1, 0.15) is 19.2 Å². The highest BCUT2D eigenvalue weighted by Gasteiger charge is 2.18. The standard InChI is InChI=1S/C13H13Cl2N3O2S/c1-2-4-10-16-17-13(21-7-11(19)20)18(10)9-6-3-5-8(14)12(9)15/h3,5-6H,2,4,7H2,1H3,(H,19,20). The Morgan fingerprint density at radius 3 is 2.81 bits per heavy atom. The van der Waals surface area contributed by atoms with Gasteiger partial charge in [-0.3, -0.25) is 9.36 Å². The largest absolute Gasteiger partial charge is 0.481 e. The normalized spacial score (nSPS) is 10.8. The molecule has 0 saturated carbocycles. The molecule has 1 N–H and O–H groups in total. The van der Waals surface area contributed by atoms with Crippen molar-refractivity contribution < 1.29 is 9.90 Å². The molecule has 2 rings (SSSR count). The van der Waals surface area contributed by atoms with Crippen LogP contribution in [0.15, 0.2) is 23.4 Å². The van der Waals surface area contributed by atoms with E-state index in [4.69, 9.17) is 28.3 Å². The number of aryl methyl sites for hydroxylation is 1. The summed E-state index contributed by atoms with van der Waals surface area (Å²) in [6, 6.07) is 5.29. The van der Waals surface area contributed by atoms with Crippen molar-refractivity contribution in [3.63, 3.8) is 0 Å².